The first-order valence-corrected chi connectivity index (χ1v) is 8.79. The molecule has 1 heterocycles. The Morgan fingerprint density at radius 2 is 2.00 bits per heavy atom. The van der Waals surface area contributed by atoms with Gasteiger partial charge in [0.2, 0.25) is 5.91 Å². The van der Waals surface area contributed by atoms with Crippen molar-refractivity contribution in [3.63, 3.8) is 0 Å². The fraction of sp³-hybridized carbons (Fsp3) is 0.750. The van der Waals surface area contributed by atoms with E-state index >= 15 is 0 Å². The van der Waals surface area contributed by atoms with E-state index < -0.39 is 0 Å². The van der Waals surface area contributed by atoms with Gasteiger partial charge in [0, 0.05) is 24.5 Å². The van der Waals surface area contributed by atoms with E-state index in [0.29, 0.717) is 12.5 Å². The van der Waals surface area contributed by atoms with Crippen LogP contribution in [0.1, 0.15) is 42.8 Å². The molecule has 0 atom stereocenters. The van der Waals surface area contributed by atoms with Crippen molar-refractivity contribution in [2.24, 2.45) is 0 Å². The molecule has 0 radical (unpaired) electrons. The smallest absolute Gasteiger partial charge is 0.228 e. The van der Waals surface area contributed by atoms with Gasteiger partial charge in [-0.3, -0.25) is 4.79 Å². The largest absolute Gasteiger partial charge is 0.338 e. The number of nitrogens with zero attached hydrogens (tertiary/aromatic N) is 3. The van der Waals surface area contributed by atoms with Crippen molar-refractivity contribution in [3.8, 4) is 0 Å². The normalized spacial score (nSPS) is 16.4. The Morgan fingerprint density at radius 3 is 2.57 bits per heavy atom. The Kier molecular flexibility index (Phi) is 6.18. The van der Waals surface area contributed by atoms with Crippen molar-refractivity contribution >= 4 is 17.2 Å². The van der Waals surface area contributed by atoms with Crippen LogP contribution in [0.5, 0.6) is 0 Å². The number of carbonyl (C=O) groups is 1. The summed E-state index contributed by atoms with van der Waals surface area (Å²) in [5.41, 5.74) is 0.924. The zero-order valence-electron chi connectivity index (χ0n) is 13.5. The van der Waals surface area contributed by atoms with Gasteiger partial charge >= 0.3 is 0 Å². The van der Waals surface area contributed by atoms with Gasteiger partial charge in [-0.15, -0.1) is 11.3 Å². The fourth-order valence-electron chi connectivity index (χ4n) is 2.96. The Balaban J connectivity index is 2.00. The molecule has 118 valence electrons. The SMILES string of the molecule is Cc1nc(CC(=O)N(CCN(C)C)C2CCCCC2)cs1. The summed E-state index contributed by atoms with van der Waals surface area (Å²) in [5, 5.41) is 3.05. The van der Waals surface area contributed by atoms with E-state index in [9.17, 15) is 4.79 Å². The van der Waals surface area contributed by atoms with Crippen molar-refractivity contribution in [2.45, 2.75) is 51.5 Å². The van der Waals surface area contributed by atoms with Crippen molar-refractivity contribution in [1.29, 1.82) is 0 Å². The first kappa shape index (κ1) is 16.4. The molecule has 0 spiro atoms. The molecule has 21 heavy (non-hydrogen) atoms. The lowest BCUT2D eigenvalue weighted by atomic mass is 9.94. The molecule has 2 rings (SSSR count). The molecule has 1 aliphatic carbocycles. The minimum absolute atomic E-state index is 0.244. The van der Waals surface area contributed by atoms with Gasteiger partial charge < -0.3 is 9.80 Å². The third-order valence-corrected chi connectivity index (χ3v) is 4.95. The van der Waals surface area contributed by atoms with E-state index in [1.807, 2.05) is 12.3 Å². The van der Waals surface area contributed by atoms with Crippen molar-refractivity contribution in [1.82, 2.24) is 14.8 Å². The maximum absolute atomic E-state index is 12.7. The first-order valence-electron chi connectivity index (χ1n) is 7.91. The summed E-state index contributed by atoms with van der Waals surface area (Å²) in [4.78, 5) is 21.4. The Labute approximate surface area is 132 Å². The highest BCUT2D eigenvalue weighted by Gasteiger charge is 2.25. The summed E-state index contributed by atoms with van der Waals surface area (Å²) in [6, 6.07) is 0.436. The molecule has 5 heteroatoms. The Bertz CT molecular complexity index is 452. The lowest BCUT2D eigenvalue weighted by Crippen LogP contribution is -2.45. The molecule has 1 aliphatic rings. The fourth-order valence-corrected chi connectivity index (χ4v) is 3.57. The maximum Gasteiger partial charge on any atom is 0.228 e. The van der Waals surface area contributed by atoms with Crippen LogP contribution in [0.15, 0.2) is 5.38 Å². The number of hydrogen-bond donors (Lipinski definition) is 0. The van der Waals surface area contributed by atoms with Crippen molar-refractivity contribution in [2.75, 3.05) is 27.2 Å². The van der Waals surface area contributed by atoms with E-state index in [2.05, 4.69) is 28.9 Å². The van der Waals surface area contributed by atoms with Gasteiger partial charge in [0.25, 0.3) is 0 Å². The van der Waals surface area contributed by atoms with E-state index in [0.717, 1.165) is 36.6 Å². The molecule has 0 aliphatic heterocycles. The van der Waals surface area contributed by atoms with E-state index in [-0.39, 0.29) is 5.91 Å². The van der Waals surface area contributed by atoms with Crippen LogP contribution in [0, 0.1) is 6.92 Å². The standard InChI is InChI=1S/C16H27N3OS/c1-13-17-14(12-21-13)11-16(20)19(10-9-18(2)3)15-7-5-4-6-8-15/h12,15H,4-11H2,1-3H3. The molecule has 0 N–H and O–H groups in total. The van der Waals surface area contributed by atoms with Crippen LogP contribution in [0.4, 0.5) is 0 Å². The summed E-state index contributed by atoms with van der Waals surface area (Å²) >= 11 is 1.62. The highest BCUT2D eigenvalue weighted by molar-refractivity contribution is 7.09. The van der Waals surface area contributed by atoms with Crippen LogP contribution >= 0.6 is 11.3 Å². The van der Waals surface area contributed by atoms with Gasteiger partial charge in [0.05, 0.1) is 17.1 Å². The van der Waals surface area contributed by atoms with Crippen LogP contribution in [-0.2, 0) is 11.2 Å². The highest BCUT2D eigenvalue weighted by atomic mass is 32.1. The second-order valence-electron chi connectivity index (χ2n) is 6.22. The zero-order valence-corrected chi connectivity index (χ0v) is 14.3. The third kappa shape index (κ3) is 5.08. The average Bonchev–Trinajstić information content (AvgIpc) is 2.85. The Morgan fingerprint density at radius 1 is 1.29 bits per heavy atom. The molecule has 0 unspecified atom stereocenters. The monoisotopic (exact) mass is 309 g/mol. The second-order valence-corrected chi connectivity index (χ2v) is 7.28. The zero-order chi connectivity index (χ0) is 15.2. The van der Waals surface area contributed by atoms with Crippen LogP contribution < -0.4 is 0 Å². The van der Waals surface area contributed by atoms with E-state index in [1.54, 1.807) is 11.3 Å². The van der Waals surface area contributed by atoms with Crippen LogP contribution in [0.3, 0.4) is 0 Å². The Hall–Kier alpha value is -0.940. The number of carbonyl (C=O) groups excluding carboxylic acids is 1. The number of amides is 1. The predicted octanol–water partition coefficient (Wildman–Crippen LogP) is 2.72. The average molecular weight is 309 g/mol. The summed E-state index contributed by atoms with van der Waals surface area (Å²) < 4.78 is 0. The number of thiazole rings is 1. The highest BCUT2D eigenvalue weighted by Crippen LogP contribution is 2.23. The molecule has 4 nitrogen and oxygen atoms in total. The first-order chi connectivity index (χ1) is 10.1. The molecule has 1 aromatic rings. The van der Waals surface area contributed by atoms with Crippen molar-refractivity contribution in [3.05, 3.63) is 16.1 Å². The molecular formula is C16H27N3OS. The van der Waals surface area contributed by atoms with E-state index in [1.165, 1.54) is 19.3 Å². The lowest BCUT2D eigenvalue weighted by molar-refractivity contribution is -0.133. The molecule has 1 aromatic heterocycles. The van der Waals surface area contributed by atoms with Gasteiger partial charge in [-0.2, -0.15) is 0 Å². The van der Waals surface area contributed by atoms with Crippen LogP contribution in [0.2, 0.25) is 0 Å². The summed E-state index contributed by atoms with van der Waals surface area (Å²) in [7, 11) is 4.13. The van der Waals surface area contributed by atoms with Gasteiger partial charge in [-0.1, -0.05) is 19.3 Å². The molecule has 1 amide bonds. The predicted molar refractivity (Wildman–Crippen MR) is 87.7 cm³/mol. The number of aromatic nitrogens is 1. The molecule has 0 saturated heterocycles. The molecule has 0 aromatic carbocycles. The van der Waals surface area contributed by atoms with Crippen LogP contribution in [0.25, 0.3) is 0 Å². The minimum atomic E-state index is 0.244. The van der Waals surface area contributed by atoms with Crippen LogP contribution in [-0.4, -0.2) is 53.9 Å². The number of hydrogen-bond acceptors (Lipinski definition) is 4. The summed E-state index contributed by atoms with van der Waals surface area (Å²) in [6.45, 7) is 3.75. The number of likely N-dealkylation sites (N-methyl/N-ethyl adjacent to an activating group) is 1. The quantitative estimate of drug-likeness (QED) is 0.811. The van der Waals surface area contributed by atoms with Gasteiger partial charge in [0.15, 0.2) is 0 Å². The number of rotatable bonds is 6. The third-order valence-electron chi connectivity index (χ3n) is 4.12. The van der Waals surface area contributed by atoms with E-state index in [4.69, 9.17) is 0 Å². The molecule has 1 saturated carbocycles. The topological polar surface area (TPSA) is 36.4 Å². The van der Waals surface area contributed by atoms with Gasteiger partial charge in [-0.25, -0.2) is 4.98 Å². The van der Waals surface area contributed by atoms with Gasteiger partial charge in [0.1, 0.15) is 0 Å². The minimum Gasteiger partial charge on any atom is -0.338 e. The summed E-state index contributed by atoms with van der Waals surface area (Å²) in [6.07, 6.45) is 6.61. The lowest BCUT2D eigenvalue weighted by Gasteiger charge is -2.35. The maximum atomic E-state index is 12.7. The van der Waals surface area contributed by atoms with Gasteiger partial charge in [-0.05, 0) is 33.9 Å². The second kappa shape index (κ2) is 7.90. The van der Waals surface area contributed by atoms with Crippen molar-refractivity contribution < 1.29 is 4.79 Å². The molecule has 1 fully saturated rings. The molecule has 0 bridgehead atoms. The molecular weight excluding hydrogens is 282 g/mol. The number of aryl methyl sites for hydroxylation is 1. The summed E-state index contributed by atoms with van der Waals surface area (Å²) in [5.74, 6) is 0.244.